The molecule has 0 bridgehead atoms. The van der Waals surface area contributed by atoms with Crippen molar-refractivity contribution in [2.45, 2.75) is 40.3 Å². The summed E-state index contributed by atoms with van der Waals surface area (Å²) < 4.78 is 31.9. The third-order valence-corrected chi connectivity index (χ3v) is 6.71. The van der Waals surface area contributed by atoms with Crippen LogP contribution in [-0.2, 0) is 21.3 Å². The molecule has 0 unspecified atom stereocenters. The summed E-state index contributed by atoms with van der Waals surface area (Å²) >= 11 is 0. The third kappa shape index (κ3) is 8.03. The number of halogens is 1. The highest BCUT2D eigenvalue weighted by Crippen LogP contribution is 2.12. The van der Waals surface area contributed by atoms with Crippen molar-refractivity contribution in [3.8, 4) is 0 Å². The molecule has 9 heteroatoms. The van der Waals surface area contributed by atoms with Crippen molar-refractivity contribution in [2.75, 3.05) is 45.6 Å². The van der Waals surface area contributed by atoms with Gasteiger partial charge in [-0.25, -0.2) is 8.42 Å². The minimum Gasteiger partial charge on any atom is -0.378 e. The molecule has 166 valence electrons. The van der Waals surface area contributed by atoms with Gasteiger partial charge in [-0.05, 0) is 38.8 Å². The molecule has 0 saturated carbocycles. The van der Waals surface area contributed by atoms with Gasteiger partial charge in [-0.2, -0.15) is 4.31 Å². The Morgan fingerprint density at radius 3 is 2.41 bits per heavy atom. The number of benzene rings is 1. The monoisotopic (exact) mass is 538 g/mol. The Labute approximate surface area is 193 Å². The molecule has 1 fully saturated rings. The molecule has 7 nitrogen and oxygen atoms in total. The van der Waals surface area contributed by atoms with E-state index in [1.165, 1.54) is 16.7 Å². The van der Waals surface area contributed by atoms with Crippen LogP contribution in [0.25, 0.3) is 0 Å². The number of nitrogens with zero attached hydrogens (tertiary/aromatic N) is 3. The smallest absolute Gasteiger partial charge is 0.216 e. The second-order valence-electron chi connectivity index (χ2n) is 7.45. The maximum absolute atomic E-state index is 12.5. The second kappa shape index (κ2) is 12.1. The first-order valence-electron chi connectivity index (χ1n) is 9.84. The highest BCUT2D eigenvalue weighted by atomic mass is 127. The normalized spacial score (nSPS) is 16.1. The minimum atomic E-state index is -3.28. The molecular weight excluding hydrogens is 503 g/mol. The highest BCUT2D eigenvalue weighted by Gasteiger charge is 2.28. The van der Waals surface area contributed by atoms with Crippen LogP contribution in [-0.4, -0.2) is 75.3 Å². The molecular formula is C20H35IN4O3S. The zero-order valence-corrected chi connectivity index (χ0v) is 21.3. The lowest BCUT2D eigenvalue weighted by molar-refractivity contribution is 0.0904. The number of hydrogen-bond acceptors (Lipinski definition) is 4. The highest BCUT2D eigenvalue weighted by molar-refractivity contribution is 14.0. The van der Waals surface area contributed by atoms with E-state index in [9.17, 15) is 8.42 Å². The van der Waals surface area contributed by atoms with Crippen LogP contribution in [0, 0.1) is 13.8 Å². The molecule has 0 atom stereocenters. The zero-order valence-electron chi connectivity index (χ0n) is 18.1. The van der Waals surface area contributed by atoms with E-state index in [1.54, 1.807) is 11.4 Å². The van der Waals surface area contributed by atoms with Gasteiger partial charge in [0.25, 0.3) is 0 Å². The van der Waals surface area contributed by atoms with Crippen LogP contribution in [0.1, 0.15) is 30.5 Å². The van der Waals surface area contributed by atoms with Gasteiger partial charge in [-0.1, -0.05) is 23.8 Å². The summed E-state index contributed by atoms with van der Waals surface area (Å²) in [5.74, 6) is 0.838. The molecule has 2 rings (SSSR count). The standard InChI is InChI=1S/C20H34N4O3S.HI/c1-16(2)27-12-13-28(25,26)24-10-8-23(9-11-24)20(21-5)22-15-19-7-6-17(3)14-18(19)4;/h6-7,14,16H,8-13,15H2,1-5H3,(H,21,22);1H. The summed E-state index contributed by atoms with van der Waals surface area (Å²) in [5.41, 5.74) is 3.74. The number of guanidine groups is 1. The molecule has 1 aliphatic heterocycles. The number of piperazine rings is 1. The Hall–Kier alpha value is -0.910. The van der Waals surface area contributed by atoms with Crippen LogP contribution in [0.15, 0.2) is 23.2 Å². The van der Waals surface area contributed by atoms with Crippen molar-refractivity contribution in [1.29, 1.82) is 0 Å². The van der Waals surface area contributed by atoms with Crippen LogP contribution in [0.4, 0.5) is 0 Å². The molecule has 0 radical (unpaired) electrons. The number of ether oxygens (including phenoxy) is 1. The van der Waals surface area contributed by atoms with Crippen molar-refractivity contribution in [2.24, 2.45) is 4.99 Å². The first kappa shape index (κ1) is 26.1. The molecule has 0 spiro atoms. The summed E-state index contributed by atoms with van der Waals surface area (Å²) in [6.07, 6.45) is 0.0404. The van der Waals surface area contributed by atoms with Crippen molar-refractivity contribution < 1.29 is 13.2 Å². The summed E-state index contributed by atoms with van der Waals surface area (Å²) in [6.45, 7) is 11.1. The fourth-order valence-corrected chi connectivity index (χ4v) is 4.53. The molecule has 0 amide bonds. The molecule has 0 aromatic heterocycles. The minimum absolute atomic E-state index is 0. The number of aliphatic imine (C=N–C) groups is 1. The molecule has 1 aliphatic rings. The zero-order chi connectivity index (χ0) is 20.7. The van der Waals surface area contributed by atoms with E-state index >= 15 is 0 Å². The van der Waals surface area contributed by atoms with Gasteiger partial charge in [-0.15, -0.1) is 24.0 Å². The van der Waals surface area contributed by atoms with Crippen molar-refractivity contribution >= 4 is 40.0 Å². The maximum atomic E-state index is 12.5. The fraction of sp³-hybridized carbons (Fsp3) is 0.650. The predicted molar refractivity (Wildman–Crippen MR) is 130 cm³/mol. The average Bonchev–Trinajstić information content (AvgIpc) is 2.63. The van der Waals surface area contributed by atoms with E-state index < -0.39 is 10.0 Å². The summed E-state index contributed by atoms with van der Waals surface area (Å²) in [6, 6.07) is 6.42. The summed E-state index contributed by atoms with van der Waals surface area (Å²) in [7, 11) is -1.52. The molecule has 29 heavy (non-hydrogen) atoms. The van der Waals surface area contributed by atoms with Crippen LogP contribution in [0.3, 0.4) is 0 Å². The van der Waals surface area contributed by atoms with Crippen LogP contribution in [0.5, 0.6) is 0 Å². The van der Waals surface area contributed by atoms with E-state index in [0.717, 1.165) is 5.96 Å². The van der Waals surface area contributed by atoms with E-state index in [4.69, 9.17) is 4.74 Å². The quantitative estimate of drug-likeness (QED) is 0.328. The van der Waals surface area contributed by atoms with Gasteiger partial charge in [0.1, 0.15) is 0 Å². The molecule has 1 heterocycles. The number of rotatable bonds is 7. The third-order valence-electron chi connectivity index (χ3n) is 4.87. The number of aryl methyl sites for hydroxylation is 2. The van der Waals surface area contributed by atoms with Crippen LogP contribution < -0.4 is 5.32 Å². The first-order chi connectivity index (χ1) is 13.2. The van der Waals surface area contributed by atoms with Gasteiger partial charge >= 0.3 is 0 Å². The Bertz CT molecular complexity index is 776. The number of sulfonamides is 1. The molecule has 1 saturated heterocycles. The van der Waals surface area contributed by atoms with Gasteiger partial charge in [-0.3, -0.25) is 4.99 Å². The lowest BCUT2D eigenvalue weighted by atomic mass is 10.1. The fourth-order valence-electron chi connectivity index (χ4n) is 3.25. The van der Waals surface area contributed by atoms with Gasteiger partial charge in [0.15, 0.2) is 5.96 Å². The van der Waals surface area contributed by atoms with E-state index in [0.29, 0.717) is 32.7 Å². The summed E-state index contributed by atoms with van der Waals surface area (Å²) in [4.78, 5) is 6.48. The van der Waals surface area contributed by atoms with Crippen molar-refractivity contribution in [1.82, 2.24) is 14.5 Å². The Balaban J connectivity index is 0.00000420. The SMILES string of the molecule is CN=C(NCc1ccc(C)cc1C)N1CCN(S(=O)(=O)CCOC(C)C)CC1.I. The average molecular weight is 538 g/mol. The molecule has 0 aliphatic carbocycles. The topological polar surface area (TPSA) is 74.2 Å². The largest absolute Gasteiger partial charge is 0.378 e. The van der Waals surface area contributed by atoms with Crippen molar-refractivity contribution in [3.63, 3.8) is 0 Å². The van der Waals surface area contributed by atoms with Gasteiger partial charge < -0.3 is 15.0 Å². The number of hydrogen-bond donors (Lipinski definition) is 1. The number of nitrogens with one attached hydrogen (secondary N) is 1. The van der Waals surface area contributed by atoms with Gasteiger partial charge in [0, 0.05) is 39.8 Å². The second-order valence-corrected chi connectivity index (χ2v) is 9.54. The lowest BCUT2D eigenvalue weighted by Crippen LogP contribution is -2.54. The van der Waals surface area contributed by atoms with Crippen molar-refractivity contribution in [3.05, 3.63) is 34.9 Å². The van der Waals surface area contributed by atoms with E-state index in [2.05, 4.69) is 47.3 Å². The molecule has 1 N–H and O–H groups in total. The Morgan fingerprint density at radius 1 is 1.21 bits per heavy atom. The first-order valence-corrected chi connectivity index (χ1v) is 11.4. The molecule has 1 aromatic carbocycles. The van der Waals surface area contributed by atoms with Gasteiger partial charge in [0.05, 0.1) is 18.5 Å². The lowest BCUT2D eigenvalue weighted by Gasteiger charge is -2.36. The predicted octanol–water partition coefficient (Wildman–Crippen LogP) is 2.37. The van der Waals surface area contributed by atoms with E-state index in [-0.39, 0.29) is 42.4 Å². The van der Waals surface area contributed by atoms with Gasteiger partial charge in [0.2, 0.25) is 10.0 Å². The Kier molecular flexibility index (Phi) is 10.9. The Morgan fingerprint density at radius 2 is 1.86 bits per heavy atom. The molecule has 1 aromatic rings. The summed E-state index contributed by atoms with van der Waals surface area (Å²) in [5, 5.41) is 3.40. The van der Waals surface area contributed by atoms with E-state index in [1.807, 2.05) is 13.8 Å². The maximum Gasteiger partial charge on any atom is 0.216 e. The van der Waals surface area contributed by atoms with Crippen LogP contribution >= 0.6 is 24.0 Å². The van der Waals surface area contributed by atoms with Crippen LogP contribution in [0.2, 0.25) is 0 Å².